The summed E-state index contributed by atoms with van der Waals surface area (Å²) in [5.41, 5.74) is -0.946. The average molecular weight is 821 g/mol. The van der Waals surface area contributed by atoms with Crippen molar-refractivity contribution in [2.45, 2.75) is 168 Å². The molecular weight excluding hydrogens is 741 g/mol. The summed E-state index contributed by atoms with van der Waals surface area (Å²) in [5.74, 6) is 12.0. The normalized spacial score (nSPS) is 24.0. The van der Waals surface area contributed by atoms with Gasteiger partial charge in [-0.2, -0.15) is 0 Å². The van der Waals surface area contributed by atoms with Gasteiger partial charge in [-0.1, -0.05) is 53.9 Å². The van der Waals surface area contributed by atoms with Crippen LogP contribution in [0.4, 0.5) is 4.79 Å². The molecule has 3 rings (SSSR count). The van der Waals surface area contributed by atoms with Crippen molar-refractivity contribution in [3.8, 4) is 0 Å². The van der Waals surface area contributed by atoms with Crippen LogP contribution in [0.3, 0.4) is 0 Å². The number of ketones is 1. The third-order valence-corrected chi connectivity index (χ3v) is 13.0. The summed E-state index contributed by atoms with van der Waals surface area (Å²) < 4.78 is 11.1. The van der Waals surface area contributed by atoms with Gasteiger partial charge in [-0.15, -0.1) is 0 Å². The highest BCUT2D eigenvalue weighted by Gasteiger charge is 2.38. The number of hydrogen-bond donors (Lipinski definition) is 3. The predicted octanol–water partition coefficient (Wildman–Crippen LogP) is 4.47. The summed E-state index contributed by atoms with van der Waals surface area (Å²) >= 11 is 0. The van der Waals surface area contributed by atoms with Crippen LogP contribution >= 0.6 is 0 Å². The standard InChI is InChI=1S/C43H80N8O7/c1-9-47(10-2)26-27-58-40(54)23-25-49(41(55)33-15-13-16-36(28-33)57-8)30-39(53)48(24-22-31(3)4)29-38(52)43(6,7)46-34-18-20-35(21-19-34)50(44)42(56)51(45)37-17-12-11-14-32(37)5/h31-37,46H,9-30,44-45H2,1-8H3. The third kappa shape index (κ3) is 15.3. The number of Topliss-reactive ketones (excluding diaryl/α,β-unsaturated/α-hetero) is 1. The van der Waals surface area contributed by atoms with E-state index in [2.05, 4.69) is 44.8 Å². The first-order valence-corrected chi connectivity index (χ1v) is 22.4. The van der Waals surface area contributed by atoms with Crippen LogP contribution in [-0.2, 0) is 28.7 Å². The molecule has 0 saturated heterocycles. The molecule has 0 aromatic rings. The van der Waals surface area contributed by atoms with Gasteiger partial charge in [-0.3, -0.25) is 29.2 Å². The molecule has 15 heteroatoms. The first-order valence-electron chi connectivity index (χ1n) is 22.4. The largest absolute Gasteiger partial charge is 0.464 e. The SMILES string of the molecule is CCN(CC)CCOC(=O)CCN(CC(=O)N(CCC(C)C)CC(=O)C(C)(C)NC1CCC(N(N)C(=O)N(N)C2CCCCC2C)CC1)C(=O)C1CCCC(OC)C1. The van der Waals surface area contributed by atoms with E-state index in [1.165, 1.54) is 14.9 Å². The molecule has 0 aromatic heterocycles. The molecule has 4 amide bonds. The topological polar surface area (TPSA) is 184 Å². The molecule has 3 fully saturated rings. The molecule has 0 bridgehead atoms. The van der Waals surface area contributed by atoms with Gasteiger partial charge in [0, 0.05) is 38.7 Å². The zero-order valence-electron chi connectivity index (χ0n) is 37.3. The Morgan fingerprint density at radius 1 is 0.810 bits per heavy atom. The molecule has 3 saturated carbocycles. The molecule has 4 unspecified atom stereocenters. The molecular formula is C43H80N8O7. The van der Waals surface area contributed by atoms with Gasteiger partial charge in [0.25, 0.3) is 0 Å². The molecule has 334 valence electrons. The number of nitrogens with two attached hydrogens (primary N) is 2. The lowest BCUT2D eigenvalue weighted by Gasteiger charge is -2.41. The highest BCUT2D eigenvalue weighted by molar-refractivity contribution is 5.93. The molecule has 4 atom stereocenters. The maximum Gasteiger partial charge on any atom is 0.348 e. The van der Waals surface area contributed by atoms with Crippen LogP contribution in [0, 0.1) is 17.8 Å². The van der Waals surface area contributed by atoms with E-state index in [0.717, 1.165) is 64.5 Å². The molecule has 3 aliphatic rings. The van der Waals surface area contributed by atoms with Crippen molar-refractivity contribution >= 4 is 29.6 Å². The van der Waals surface area contributed by atoms with E-state index < -0.39 is 11.5 Å². The van der Waals surface area contributed by atoms with Crippen LogP contribution in [0.25, 0.3) is 0 Å². The van der Waals surface area contributed by atoms with E-state index in [1.807, 2.05) is 13.8 Å². The number of carbonyl (C=O) groups excluding carboxylic acids is 5. The summed E-state index contributed by atoms with van der Waals surface area (Å²) in [6, 6.07) is -0.477. The number of rotatable bonds is 22. The molecule has 3 aliphatic carbocycles. The van der Waals surface area contributed by atoms with E-state index in [4.69, 9.17) is 21.2 Å². The zero-order chi connectivity index (χ0) is 43.0. The summed E-state index contributed by atoms with van der Waals surface area (Å²) in [4.78, 5) is 73.6. The van der Waals surface area contributed by atoms with E-state index in [1.54, 1.807) is 12.0 Å². The van der Waals surface area contributed by atoms with Crippen LogP contribution in [0.1, 0.15) is 138 Å². The maximum atomic E-state index is 14.2. The van der Waals surface area contributed by atoms with Crippen LogP contribution in [0.15, 0.2) is 0 Å². The number of urea groups is 1. The molecule has 0 heterocycles. The molecule has 0 spiro atoms. The number of hydrogen-bond acceptors (Lipinski definition) is 11. The lowest BCUT2D eigenvalue weighted by atomic mass is 9.85. The number of hydrazine groups is 2. The first-order chi connectivity index (χ1) is 27.5. The van der Waals surface area contributed by atoms with E-state index in [-0.39, 0.29) is 92.4 Å². The monoisotopic (exact) mass is 821 g/mol. The molecule has 0 aromatic carbocycles. The van der Waals surface area contributed by atoms with Crippen LogP contribution in [-0.4, -0.2) is 144 Å². The second kappa shape index (κ2) is 24.4. The Morgan fingerprint density at radius 2 is 1.48 bits per heavy atom. The Bertz CT molecular complexity index is 1310. The Morgan fingerprint density at radius 3 is 2.10 bits per heavy atom. The molecule has 58 heavy (non-hydrogen) atoms. The number of amides is 4. The van der Waals surface area contributed by atoms with Crippen molar-refractivity contribution in [3.05, 3.63) is 0 Å². The lowest BCUT2D eigenvalue weighted by Crippen LogP contribution is -2.60. The molecule has 0 aliphatic heterocycles. The summed E-state index contributed by atoms with van der Waals surface area (Å²) in [6.07, 6.45) is 10.6. The number of esters is 1. The predicted molar refractivity (Wildman–Crippen MR) is 226 cm³/mol. The zero-order valence-corrected chi connectivity index (χ0v) is 37.3. The second-order valence-corrected chi connectivity index (χ2v) is 18.1. The van der Waals surface area contributed by atoms with Gasteiger partial charge >= 0.3 is 12.0 Å². The molecule has 0 radical (unpaired) electrons. The Labute approximate surface area is 349 Å². The summed E-state index contributed by atoms with van der Waals surface area (Å²) in [5, 5.41) is 6.20. The maximum absolute atomic E-state index is 14.2. The van der Waals surface area contributed by atoms with Gasteiger partial charge in [0.05, 0.1) is 43.2 Å². The number of nitrogens with zero attached hydrogens (tertiary/aromatic N) is 5. The van der Waals surface area contributed by atoms with Gasteiger partial charge in [0.1, 0.15) is 6.61 Å². The number of carbonyl (C=O) groups is 5. The highest BCUT2D eigenvalue weighted by Crippen LogP contribution is 2.30. The highest BCUT2D eigenvalue weighted by atomic mass is 16.5. The number of ether oxygens (including phenoxy) is 2. The van der Waals surface area contributed by atoms with Crippen molar-refractivity contribution in [2.24, 2.45) is 29.4 Å². The summed E-state index contributed by atoms with van der Waals surface area (Å²) in [6.45, 7) is 16.8. The number of methoxy groups -OCH3 is 1. The number of likely N-dealkylation sites (N-methyl/N-ethyl adjacent to an activating group) is 1. The van der Waals surface area contributed by atoms with Gasteiger partial charge in [0.2, 0.25) is 11.8 Å². The fourth-order valence-corrected chi connectivity index (χ4v) is 8.81. The number of nitrogens with one attached hydrogen (secondary N) is 1. The Hall–Kier alpha value is -2.85. The lowest BCUT2D eigenvalue weighted by molar-refractivity contribution is -0.149. The average Bonchev–Trinajstić information content (AvgIpc) is 3.21. The van der Waals surface area contributed by atoms with Gasteiger partial charge in [0.15, 0.2) is 5.78 Å². The van der Waals surface area contributed by atoms with Gasteiger partial charge in [-0.25, -0.2) is 16.5 Å². The fraction of sp³-hybridized carbons (Fsp3) is 0.884. The van der Waals surface area contributed by atoms with E-state index >= 15 is 0 Å². The van der Waals surface area contributed by atoms with E-state index in [9.17, 15) is 24.0 Å². The van der Waals surface area contributed by atoms with Crippen molar-refractivity contribution in [1.29, 1.82) is 0 Å². The van der Waals surface area contributed by atoms with Crippen molar-refractivity contribution in [1.82, 2.24) is 30.0 Å². The minimum Gasteiger partial charge on any atom is -0.464 e. The second-order valence-electron chi connectivity index (χ2n) is 18.1. The van der Waals surface area contributed by atoms with Crippen LogP contribution in [0.2, 0.25) is 0 Å². The summed E-state index contributed by atoms with van der Waals surface area (Å²) in [7, 11) is 1.65. The van der Waals surface area contributed by atoms with Crippen LogP contribution < -0.4 is 17.0 Å². The fourth-order valence-electron chi connectivity index (χ4n) is 8.81. The van der Waals surface area contributed by atoms with Gasteiger partial charge < -0.3 is 29.5 Å². The molecule has 5 N–H and O–H groups in total. The minimum absolute atomic E-state index is 0.00960. The third-order valence-electron chi connectivity index (χ3n) is 13.0. The van der Waals surface area contributed by atoms with Crippen molar-refractivity contribution in [2.75, 3.05) is 59.5 Å². The molecule has 15 nitrogen and oxygen atoms in total. The van der Waals surface area contributed by atoms with Gasteiger partial charge in [-0.05, 0) is 103 Å². The van der Waals surface area contributed by atoms with Crippen LogP contribution in [0.5, 0.6) is 0 Å². The smallest absolute Gasteiger partial charge is 0.348 e. The Kier molecular flexibility index (Phi) is 20.8. The minimum atomic E-state index is -0.946. The van der Waals surface area contributed by atoms with Crippen molar-refractivity contribution in [3.63, 3.8) is 0 Å². The van der Waals surface area contributed by atoms with E-state index in [0.29, 0.717) is 51.1 Å². The van der Waals surface area contributed by atoms with Crippen molar-refractivity contribution < 1.29 is 33.4 Å². The Balaban J connectivity index is 1.64. The first kappa shape index (κ1) is 49.5. The quantitative estimate of drug-likeness (QED) is 0.0607.